The van der Waals surface area contributed by atoms with Crippen LogP contribution in [0.2, 0.25) is 0 Å². The van der Waals surface area contributed by atoms with Gasteiger partial charge in [0.2, 0.25) is 5.90 Å². The maximum Gasteiger partial charge on any atom is 0.266 e. The molecule has 0 aromatic heterocycles. The molecule has 166 valence electrons. The van der Waals surface area contributed by atoms with E-state index in [1.54, 1.807) is 6.08 Å². The SMILES string of the molecule is C=CC[C@]1(C(=O)NNCCCN(C)C)N=C(c2ccc(OCCCO)cc2)O[C@H]1C. The van der Waals surface area contributed by atoms with Gasteiger partial charge in [-0.05, 0) is 58.3 Å². The fraction of sp³-hybridized carbons (Fsp3) is 0.545. The molecule has 2 rings (SSSR count). The van der Waals surface area contributed by atoms with Gasteiger partial charge in [-0.1, -0.05) is 6.08 Å². The molecule has 1 aliphatic heterocycles. The van der Waals surface area contributed by atoms with Gasteiger partial charge in [-0.15, -0.1) is 6.58 Å². The van der Waals surface area contributed by atoms with Crippen LogP contribution >= 0.6 is 0 Å². The molecule has 1 amide bonds. The van der Waals surface area contributed by atoms with Crippen LogP contribution in [0.3, 0.4) is 0 Å². The molecule has 0 radical (unpaired) electrons. The number of carbonyl (C=O) groups excluding carboxylic acids is 1. The van der Waals surface area contributed by atoms with Crippen LogP contribution in [0, 0.1) is 0 Å². The van der Waals surface area contributed by atoms with Crippen LogP contribution in [-0.2, 0) is 9.53 Å². The van der Waals surface area contributed by atoms with Gasteiger partial charge in [-0.25, -0.2) is 10.4 Å². The minimum atomic E-state index is -1.07. The summed E-state index contributed by atoms with van der Waals surface area (Å²) >= 11 is 0. The molecule has 1 aromatic rings. The van der Waals surface area contributed by atoms with Crippen molar-refractivity contribution >= 4 is 11.8 Å². The van der Waals surface area contributed by atoms with Crippen LogP contribution in [0.5, 0.6) is 5.75 Å². The number of carbonyl (C=O) groups is 1. The van der Waals surface area contributed by atoms with Gasteiger partial charge in [0, 0.05) is 31.6 Å². The summed E-state index contributed by atoms with van der Waals surface area (Å²) in [6, 6.07) is 7.34. The molecule has 2 atom stereocenters. The fourth-order valence-corrected chi connectivity index (χ4v) is 3.14. The second-order valence-electron chi connectivity index (χ2n) is 7.58. The highest BCUT2D eigenvalue weighted by Crippen LogP contribution is 2.32. The van der Waals surface area contributed by atoms with Crippen molar-refractivity contribution in [2.45, 2.75) is 37.8 Å². The van der Waals surface area contributed by atoms with Gasteiger partial charge in [-0.3, -0.25) is 10.2 Å². The lowest BCUT2D eigenvalue weighted by atomic mass is 9.90. The Hall–Kier alpha value is -2.42. The van der Waals surface area contributed by atoms with Gasteiger partial charge in [-0.2, -0.15) is 0 Å². The first-order chi connectivity index (χ1) is 14.4. The van der Waals surface area contributed by atoms with E-state index in [2.05, 4.69) is 27.3 Å². The summed E-state index contributed by atoms with van der Waals surface area (Å²) in [6.07, 6.45) is 3.11. The Morgan fingerprint density at radius 2 is 2.10 bits per heavy atom. The molecule has 0 bridgehead atoms. The molecule has 0 aliphatic carbocycles. The number of hydrogen-bond acceptors (Lipinski definition) is 7. The van der Waals surface area contributed by atoms with Crippen molar-refractivity contribution in [1.29, 1.82) is 0 Å². The molecule has 0 saturated carbocycles. The second-order valence-corrected chi connectivity index (χ2v) is 7.58. The molecular formula is C22H34N4O4. The predicted octanol–water partition coefficient (Wildman–Crippen LogP) is 1.50. The summed E-state index contributed by atoms with van der Waals surface area (Å²) in [4.78, 5) is 19.8. The molecule has 8 nitrogen and oxygen atoms in total. The van der Waals surface area contributed by atoms with Crippen LogP contribution in [-0.4, -0.2) is 73.9 Å². The summed E-state index contributed by atoms with van der Waals surface area (Å²) in [5.74, 6) is 0.892. The maximum atomic E-state index is 13.0. The maximum absolute atomic E-state index is 13.0. The van der Waals surface area contributed by atoms with E-state index in [4.69, 9.17) is 14.6 Å². The number of aliphatic hydroxyl groups is 1. The Kier molecular flexibility index (Phi) is 9.29. The number of rotatable bonds is 13. The largest absolute Gasteiger partial charge is 0.494 e. The number of amides is 1. The van der Waals surface area contributed by atoms with E-state index in [1.165, 1.54) is 0 Å². The van der Waals surface area contributed by atoms with E-state index in [0.717, 1.165) is 18.5 Å². The van der Waals surface area contributed by atoms with Gasteiger partial charge in [0.1, 0.15) is 11.9 Å². The zero-order chi connectivity index (χ0) is 22.0. The van der Waals surface area contributed by atoms with Crippen molar-refractivity contribution in [1.82, 2.24) is 15.8 Å². The number of nitrogens with zero attached hydrogens (tertiary/aromatic N) is 2. The smallest absolute Gasteiger partial charge is 0.266 e. The lowest BCUT2D eigenvalue weighted by molar-refractivity contribution is -0.129. The number of aliphatic imine (C=N–C) groups is 1. The Bertz CT molecular complexity index is 720. The van der Waals surface area contributed by atoms with Crippen LogP contribution in [0.25, 0.3) is 0 Å². The zero-order valence-electron chi connectivity index (χ0n) is 18.2. The van der Waals surface area contributed by atoms with Crippen LogP contribution in [0.1, 0.15) is 31.7 Å². The first-order valence-electron chi connectivity index (χ1n) is 10.3. The fourth-order valence-electron chi connectivity index (χ4n) is 3.14. The average Bonchev–Trinajstić information content (AvgIpc) is 3.06. The van der Waals surface area contributed by atoms with Crippen LogP contribution < -0.4 is 15.6 Å². The summed E-state index contributed by atoms with van der Waals surface area (Å²) < 4.78 is 11.5. The van der Waals surface area contributed by atoms with Crippen LogP contribution in [0.4, 0.5) is 0 Å². The van der Waals surface area contributed by atoms with Crippen LogP contribution in [0.15, 0.2) is 41.9 Å². The van der Waals surface area contributed by atoms with Crippen molar-refractivity contribution < 1.29 is 19.4 Å². The molecule has 3 N–H and O–H groups in total. The van der Waals surface area contributed by atoms with Gasteiger partial charge < -0.3 is 19.5 Å². The Morgan fingerprint density at radius 1 is 1.37 bits per heavy atom. The van der Waals surface area contributed by atoms with Crippen molar-refractivity contribution in [3.63, 3.8) is 0 Å². The summed E-state index contributed by atoms with van der Waals surface area (Å²) in [5, 5.41) is 8.84. The first-order valence-corrected chi connectivity index (χ1v) is 10.3. The topological polar surface area (TPSA) is 95.4 Å². The average molecular weight is 419 g/mol. The molecule has 1 heterocycles. The molecule has 0 fully saturated rings. The van der Waals surface area contributed by atoms with E-state index in [-0.39, 0.29) is 12.5 Å². The summed E-state index contributed by atoms with van der Waals surface area (Å²) in [6.45, 7) is 7.79. The monoisotopic (exact) mass is 418 g/mol. The van der Waals surface area contributed by atoms with Gasteiger partial charge in [0.05, 0.1) is 6.61 Å². The molecule has 0 spiro atoms. The lowest BCUT2D eigenvalue weighted by Crippen LogP contribution is -2.54. The molecule has 1 aromatic carbocycles. The van der Waals surface area contributed by atoms with Crippen molar-refractivity contribution in [2.24, 2.45) is 4.99 Å². The quantitative estimate of drug-likeness (QED) is 0.255. The number of benzene rings is 1. The lowest BCUT2D eigenvalue weighted by Gasteiger charge is -2.27. The number of ether oxygens (including phenoxy) is 2. The zero-order valence-corrected chi connectivity index (χ0v) is 18.2. The van der Waals surface area contributed by atoms with E-state index in [0.29, 0.717) is 37.6 Å². The second kappa shape index (κ2) is 11.7. The van der Waals surface area contributed by atoms with Gasteiger partial charge in [0.15, 0.2) is 5.54 Å². The Morgan fingerprint density at radius 3 is 2.73 bits per heavy atom. The van der Waals surface area contributed by atoms with Crippen molar-refractivity contribution in [3.8, 4) is 5.75 Å². The minimum absolute atomic E-state index is 0.0958. The molecular weight excluding hydrogens is 384 g/mol. The molecule has 0 unspecified atom stereocenters. The molecule has 1 aliphatic rings. The van der Waals surface area contributed by atoms with Gasteiger partial charge >= 0.3 is 0 Å². The number of hydrazine groups is 1. The van der Waals surface area contributed by atoms with Crippen molar-refractivity contribution in [2.75, 3.05) is 40.4 Å². The molecule has 0 saturated heterocycles. The minimum Gasteiger partial charge on any atom is -0.494 e. The Labute approximate surface area is 178 Å². The number of aliphatic hydroxyl groups excluding tert-OH is 1. The number of nitrogens with one attached hydrogen (secondary N) is 2. The normalized spacial score (nSPS) is 20.6. The number of hydrogen-bond donors (Lipinski definition) is 3. The summed E-state index contributed by atoms with van der Waals surface area (Å²) in [7, 11) is 4.03. The first kappa shape index (κ1) is 23.9. The summed E-state index contributed by atoms with van der Waals surface area (Å²) in [5.41, 5.74) is 5.47. The predicted molar refractivity (Wildman–Crippen MR) is 118 cm³/mol. The van der Waals surface area contributed by atoms with E-state index >= 15 is 0 Å². The highest BCUT2D eigenvalue weighted by molar-refractivity contribution is 6.00. The standard InChI is InChI=1S/C22H34N4O4/c1-5-12-22(21(28)25-23-13-6-14-26(3)4)17(2)30-20(24-22)18-8-10-19(11-9-18)29-16-7-15-27/h5,8-11,17,23,27H,1,6-7,12-16H2,2-4H3,(H,25,28)/t17-,22-/m0/s1. The molecule has 30 heavy (non-hydrogen) atoms. The highest BCUT2D eigenvalue weighted by Gasteiger charge is 2.49. The van der Waals surface area contributed by atoms with E-state index in [1.807, 2.05) is 45.3 Å². The molecule has 8 heteroatoms. The van der Waals surface area contributed by atoms with Gasteiger partial charge in [0.25, 0.3) is 5.91 Å². The highest BCUT2D eigenvalue weighted by atomic mass is 16.5. The third-order valence-electron chi connectivity index (χ3n) is 4.89. The Balaban J connectivity index is 2.06. The van der Waals surface area contributed by atoms with E-state index in [9.17, 15) is 4.79 Å². The van der Waals surface area contributed by atoms with Crippen molar-refractivity contribution in [3.05, 3.63) is 42.5 Å². The third-order valence-corrected chi connectivity index (χ3v) is 4.89. The van der Waals surface area contributed by atoms with E-state index < -0.39 is 11.6 Å². The third kappa shape index (κ3) is 6.29.